The largest absolute Gasteiger partial charge is 0.370 e. The van der Waals surface area contributed by atoms with E-state index >= 15 is 0 Å². The maximum Gasteiger partial charge on any atom is 0.120 e. The quantitative estimate of drug-likeness (QED) is 0.791. The molecular formula is C24H29N3OP+. The van der Waals surface area contributed by atoms with E-state index < -0.39 is 8.07 Å². The lowest BCUT2D eigenvalue weighted by atomic mass is 9.78. The number of fused-ring (bicyclic) bond motifs is 1. The number of benzene rings is 2. The Balaban J connectivity index is 1.68. The number of quaternary nitrogens is 1. The molecule has 1 fully saturated rings. The van der Waals surface area contributed by atoms with Crippen LogP contribution in [0.1, 0.15) is 26.7 Å². The number of morpholine rings is 1. The highest BCUT2D eigenvalue weighted by Gasteiger charge is 2.46. The summed E-state index contributed by atoms with van der Waals surface area (Å²) >= 11 is 0. The summed E-state index contributed by atoms with van der Waals surface area (Å²) < 4.78 is 7.99. The first-order valence-electron chi connectivity index (χ1n) is 10.6. The summed E-state index contributed by atoms with van der Waals surface area (Å²) in [5.41, 5.74) is 4.31. The summed E-state index contributed by atoms with van der Waals surface area (Å²) in [6, 6.07) is 21.7. The number of anilines is 1. The molecule has 29 heavy (non-hydrogen) atoms. The van der Waals surface area contributed by atoms with Gasteiger partial charge in [0.05, 0.1) is 38.0 Å². The molecule has 2 aromatic carbocycles. The van der Waals surface area contributed by atoms with Crippen LogP contribution in [0.4, 0.5) is 5.69 Å². The number of ether oxygens (including phenoxy) is 1. The lowest BCUT2D eigenvalue weighted by molar-refractivity contribution is -0.871. The van der Waals surface area contributed by atoms with E-state index in [1.165, 1.54) is 22.0 Å². The van der Waals surface area contributed by atoms with Crippen LogP contribution >= 0.6 is 8.07 Å². The fourth-order valence-corrected chi connectivity index (χ4v) is 7.22. The SMILES string of the molecule is CC1(C)CC2=NN(c3ccccc3)P(c3ccccc3)C2=C([NH+]2CCOCC2)C1. The smallest absolute Gasteiger partial charge is 0.120 e. The fraction of sp³-hybridized carbons (Fsp3) is 0.375. The molecule has 0 saturated carbocycles. The molecule has 5 heteroatoms. The zero-order chi connectivity index (χ0) is 19.8. The molecule has 1 saturated heterocycles. The number of hydrogen-bond acceptors (Lipinski definition) is 3. The lowest BCUT2D eigenvalue weighted by Gasteiger charge is -2.37. The Labute approximate surface area is 174 Å². The van der Waals surface area contributed by atoms with Gasteiger partial charge in [-0.3, -0.25) is 0 Å². The Kier molecular flexibility index (Phi) is 5.03. The van der Waals surface area contributed by atoms with Crippen molar-refractivity contribution in [3.8, 4) is 0 Å². The van der Waals surface area contributed by atoms with Crippen molar-refractivity contribution < 1.29 is 9.64 Å². The predicted molar refractivity (Wildman–Crippen MR) is 121 cm³/mol. The lowest BCUT2D eigenvalue weighted by Crippen LogP contribution is -3.12. The highest BCUT2D eigenvalue weighted by Crippen LogP contribution is 2.59. The van der Waals surface area contributed by atoms with Crippen LogP contribution in [-0.4, -0.2) is 32.0 Å². The van der Waals surface area contributed by atoms with Gasteiger partial charge in [0, 0.05) is 11.7 Å². The van der Waals surface area contributed by atoms with Crippen LogP contribution < -0.4 is 15.0 Å². The Morgan fingerprint density at radius 1 is 0.931 bits per heavy atom. The van der Waals surface area contributed by atoms with Gasteiger partial charge in [0.1, 0.15) is 18.8 Å². The Bertz CT molecular complexity index is 933. The van der Waals surface area contributed by atoms with E-state index in [1.54, 1.807) is 10.6 Å². The van der Waals surface area contributed by atoms with Crippen molar-refractivity contribution >= 4 is 24.8 Å². The Hall–Kier alpha value is -2.00. The molecule has 5 rings (SSSR count). The number of hydrazone groups is 1. The highest BCUT2D eigenvalue weighted by atomic mass is 31.1. The van der Waals surface area contributed by atoms with Crippen LogP contribution in [0.5, 0.6) is 0 Å². The van der Waals surface area contributed by atoms with E-state index in [-0.39, 0.29) is 5.41 Å². The van der Waals surface area contributed by atoms with E-state index in [4.69, 9.17) is 9.84 Å². The van der Waals surface area contributed by atoms with E-state index in [0.29, 0.717) is 0 Å². The maximum atomic E-state index is 5.68. The second kappa shape index (κ2) is 7.68. The standard InChI is InChI=1S/C24H28N3OP/c1-24(2)17-21-23(22(18-24)26-13-15-28-16-14-26)29(20-11-7-4-8-12-20)27(25-21)19-9-5-3-6-10-19/h3-12H,13-18H2,1-2H3/p+1. The topological polar surface area (TPSA) is 29.3 Å². The van der Waals surface area contributed by atoms with Gasteiger partial charge >= 0.3 is 0 Å². The van der Waals surface area contributed by atoms with Crippen LogP contribution in [0.2, 0.25) is 0 Å². The van der Waals surface area contributed by atoms with Crippen molar-refractivity contribution in [2.24, 2.45) is 10.5 Å². The summed E-state index contributed by atoms with van der Waals surface area (Å²) in [7, 11) is -0.695. The van der Waals surface area contributed by atoms with E-state index in [9.17, 15) is 0 Å². The van der Waals surface area contributed by atoms with Gasteiger partial charge in [0.25, 0.3) is 0 Å². The molecule has 0 spiro atoms. The average molecular weight is 406 g/mol. The van der Waals surface area contributed by atoms with Crippen molar-refractivity contribution in [2.45, 2.75) is 26.7 Å². The number of rotatable bonds is 3. The van der Waals surface area contributed by atoms with Gasteiger partial charge in [-0.05, 0) is 24.0 Å². The van der Waals surface area contributed by atoms with Crippen molar-refractivity contribution in [2.75, 3.05) is 31.1 Å². The van der Waals surface area contributed by atoms with Gasteiger partial charge in [-0.25, -0.2) is 4.78 Å². The molecule has 150 valence electrons. The molecular weight excluding hydrogens is 377 g/mol. The fourth-order valence-electron chi connectivity index (χ4n) is 4.68. The predicted octanol–water partition coefficient (Wildman–Crippen LogP) is 3.53. The molecule has 0 radical (unpaired) electrons. The molecule has 1 N–H and O–H groups in total. The van der Waals surface area contributed by atoms with E-state index in [2.05, 4.69) is 79.3 Å². The van der Waals surface area contributed by atoms with Crippen LogP contribution in [0.15, 0.2) is 76.8 Å². The molecule has 2 heterocycles. The first kappa shape index (κ1) is 19.0. The minimum atomic E-state index is -0.695. The second-order valence-electron chi connectivity index (χ2n) is 8.88. The summed E-state index contributed by atoms with van der Waals surface area (Å²) in [4.78, 5) is 1.60. The second-order valence-corrected chi connectivity index (χ2v) is 10.8. The third-order valence-electron chi connectivity index (χ3n) is 5.99. The van der Waals surface area contributed by atoms with Crippen molar-refractivity contribution in [1.29, 1.82) is 0 Å². The van der Waals surface area contributed by atoms with Crippen molar-refractivity contribution in [1.82, 2.24) is 0 Å². The molecule has 4 nitrogen and oxygen atoms in total. The molecule has 1 unspecified atom stereocenters. The van der Waals surface area contributed by atoms with Crippen molar-refractivity contribution in [3.63, 3.8) is 0 Å². The summed E-state index contributed by atoms with van der Waals surface area (Å²) in [5.74, 6) is 0. The van der Waals surface area contributed by atoms with E-state index in [1.807, 2.05) is 0 Å². The summed E-state index contributed by atoms with van der Waals surface area (Å²) in [5, 5.41) is 8.15. The number of nitrogens with one attached hydrogen (secondary N) is 1. The molecule has 2 aromatic rings. The normalized spacial score (nSPS) is 24.4. The number of nitrogens with zero attached hydrogens (tertiary/aromatic N) is 2. The molecule has 3 aliphatic rings. The molecule has 1 aliphatic carbocycles. The van der Waals surface area contributed by atoms with Gasteiger partial charge in [-0.2, -0.15) is 5.10 Å². The first-order chi connectivity index (χ1) is 14.1. The molecule has 2 aliphatic heterocycles. The monoisotopic (exact) mass is 406 g/mol. The van der Waals surface area contributed by atoms with Crippen LogP contribution in [0.3, 0.4) is 0 Å². The van der Waals surface area contributed by atoms with E-state index in [0.717, 1.165) is 39.1 Å². The maximum absolute atomic E-state index is 5.68. The number of allylic oxidation sites excluding steroid dienone is 2. The minimum absolute atomic E-state index is 0.243. The highest BCUT2D eigenvalue weighted by molar-refractivity contribution is 7.73. The van der Waals surface area contributed by atoms with Crippen LogP contribution in [-0.2, 0) is 4.74 Å². The molecule has 1 atom stereocenters. The van der Waals surface area contributed by atoms with Crippen LogP contribution in [0, 0.1) is 5.41 Å². The summed E-state index contributed by atoms with van der Waals surface area (Å²) in [6.45, 7) is 8.61. The third kappa shape index (κ3) is 3.66. The molecule has 0 bridgehead atoms. The minimum Gasteiger partial charge on any atom is -0.370 e. The van der Waals surface area contributed by atoms with Gasteiger partial charge < -0.3 is 9.64 Å². The van der Waals surface area contributed by atoms with Gasteiger partial charge in [0.2, 0.25) is 0 Å². The Morgan fingerprint density at radius 3 is 2.28 bits per heavy atom. The first-order valence-corrected chi connectivity index (χ1v) is 11.9. The molecule has 0 aromatic heterocycles. The van der Waals surface area contributed by atoms with Gasteiger partial charge in [-0.1, -0.05) is 62.4 Å². The average Bonchev–Trinajstić information content (AvgIpc) is 3.13. The van der Waals surface area contributed by atoms with Crippen LogP contribution in [0.25, 0.3) is 0 Å². The molecule has 0 amide bonds. The summed E-state index contributed by atoms with van der Waals surface area (Å²) in [6.07, 6.45) is 2.19. The number of para-hydroxylation sites is 1. The number of hydrogen-bond donors (Lipinski definition) is 1. The Morgan fingerprint density at radius 2 is 1.59 bits per heavy atom. The zero-order valence-corrected chi connectivity index (χ0v) is 18.2. The van der Waals surface area contributed by atoms with Crippen molar-refractivity contribution in [3.05, 3.63) is 71.7 Å². The van der Waals surface area contributed by atoms with Gasteiger partial charge in [0.15, 0.2) is 0 Å². The van der Waals surface area contributed by atoms with Gasteiger partial charge in [-0.15, -0.1) is 0 Å². The zero-order valence-electron chi connectivity index (χ0n) is 17.3. The third-order valence-corrected chi connectivity index (χ3v) is 8.43.